The molecule has 1 aromatic rings. The monoisotopic (exact) mass is 396 g/mol. The molecule has 0 amide bonds. The first-order valence-electron chi connectivity index (χ1n) is 8.93. The Morgan fingerprint density at radius 3 is 2.37 bits per heavy atom. The Kier molecular flexibility index (Phi) is 6.75. The topological polar surface area (TPSA) is 80.3 Å². The van der Waals surface area contributed by atoms with Gasteiger partial charge in [0.1, 0.15) is 17.6 Å². The van der Waals surface area contributed by atoms with Crippen molar-refractivity contribution in [2.24, 2.45) is 0 Å². The molecule has 6 atom stereocenters. The highest BCUT2D eigenvalue weighted by atomic mass is 32.2. The summed E-state index contributed by atoms with van der Waals surface area (Å²) >= 11 is 1.48. The van der Waals surface area contributed by atoms with Gasteiger partial charge in [-0.25, -0.2) is 0 Å². The van der Waals surface area contributed by atoms with Crippen molar-refractivity contribution in [3.8, 4) is 0 Å². The Labute approximate surface area is 162 Å². The summed E-state index contributed by atoms with van der Waals surface area (Å²) < 4.78 is 29.0. The molecule has 27 heavy (non-hydrogen) atoms. The van der Waals surface area contributed by atoms with Crippen molar-refractivity contribution in [1.82, 2.24) is 0 Å². The number of rotatable bonds is 5. The second-order valence-corrected chi connectivity index (χ2v) is 7.70. The summed E-state index contributed by atoms with van der Waals surface area (Å²) in [5.74, 6) is -0.182. The second-order valence-electron chi connectivity index (χ2n) is 6.32. The minimum atomic E-state index is -0.774. The number of benzene rings is 1. The predicted molar refractivity (Wildman–Crippen MR) is 97.9 cm³/mol. The van der Waals surface area contributed by atoms with Gasteiger partial charge in [0.05, 0.1) is 6.61 Å². The number of hydrogen-bond donors (Lipinski definition) is 0. The van der Waals surface area contributed by atoms with Crippen molar-refractivity contribution >= 4 is 23.7 Å². The van der Waals surface area contributed by atoms with Crippen LogP contribution in [0.4, 0.5) is 0 Å². The Bertz CT molecular complexity index is 653. The van der Waals surface area contributed by atoms with Crippen LogP contribution in [0.15, 0.2) is 30.3 Å². The molecule has 0 aromatic heterocycles. The van der Waals surface area contributed by atoms with Gasteiger partial charge in [-0.2, -0.15) is 0 Å². The van der Waals surface area contributed by atoms with Gasteiger partial charge >= 0.3 is 11.9 Å². The molecule has 3 rings (SSSR count). The number of thioether (sulfide) groups is 1. The van der Waals surface area contributed by atoms with E-state index < -0.39 is 48.1 Å². The maximum absolute atomic E-state index is 11.7. The van der Waals surface area contributed by atoms with Crippen molar-refractivity contribution in [1.29, 1.82) is 0 Å². The molecule has 7 nitrogen and oxygen atoms in total. The third kappa shape index (κ3) is 4.82. The van der Waals surface area contributed by atoms with Gasteiger partial charge in [-0.1, -0.05) is 37.3 Å². The average Bonchev–Trinajstić information content (AvgIpc) is 2.64. The smallest absolute Gasteiger partial charge is 0.303 e. The zero-order valence-electron chi connectivity index (χ0n) is 15.5. The molecule has 0 unspecified atom stereocenters. The number of ether oxygens (including phenoxy) is 5. The Morgan fingerprint density at radius 1 is 1.07 bits per heavy atom. The van der Waals surface area contributed by atoms with Crippen molar-refractivity contribution < 1.29 is 33.3 Å². The van der Waals surface area contributed by atoms with Crippen LogP contribution < -0.4 is 0 Å². The van der Waals surface area contributed by atoms with E-state index in [9.17, 15) is 9.59 Å². The van der Waals surface area contributed by atoms with Crippen molar-refractivity contribution in [2.75, 3.05) is 12.4 Å². The van der Waals surface area contributed by atoms with Crippen molar-refractivity contribution in [3.05, 3.63) is 35.9 Å². The lowest BCUT2D eigenvalue weighted by molar-refractivity contribution is -0.320. The van der Waals surface area contributed by atoms with Crippen LogP contribution in [0.5, 0.6) is 0 Å². The second kappa shape index (κ2) is 9.05. The van der Waals surface area contributed by atoms with Gasteiger partial charge in [0, 0.05) is 19.4 Å². The van der Waals surface area contributed by atoms with Gasteiger partial charge in [0.2, 0.25) is 0 Å². The minimum absolute atomic E-state index is 0.287. The van der Waals surface area contributed by atoms with Crippen LogP contribution in [0.3, 0.4) is 0 Å². The quantitative estimate of drug-likeness (QED) is 0.702. The molecule has 2 aliphatic rings. The molecule has 2 fully saturated rings. The van der Waals surface area contributed by atoms with Crippen LogP contribution in [-0.2, 0) is 33.3 Å². The molecule has 0 bridgehead atoms. The van der Waals surface area contributed by atoms with Crippen LogP contribution >= 0.6 is 11.8 Å². The van der Waals surface area contributed by atoms with Crippen LogP contribution in [0, 0.1) is 0 Å². The molecule has 0 spiro atoms. The van der Waals surface area contributed by atoms with E-state index in [1.807, 2.05) is 37.3 Å². The Balaban J connectivity index is 1.86. The fraction of sp³-hybridized carbons (Fsp3) is 0.579. The number of esters is 2. The first kappa shape index (κ1) is 20.1. The van der Waals surface area contributed by atoms with Gasteiger partial charge in [-0.05, 0) is 5.75 Å². The molecule has 2 heterocycles. The van der Waals surface area contributed by atoms with Gasteiger partial charge in [0.25, 0.3) is 0 Å². The maximum atomic E-state index is 11.7. The van der Waals surface area contributed by atoms with Gasteiger partial charge < -0.3 is 23.7 Å². The number of carbonyl (C=O) groups is 2. The summed E-state index contributed by atoms with van der Waals surface area (Å²) in [5.41, 5.74) is 0.386. The van der Waals surface area contributed by atoms with Gasteiger partial charge in [-0.15, -0.1) is 11.8 Å². The molecule has 8 heteroatoms. The van der Waals surface area contributed by atoms with E-state index in [0.717, 1.165) is 11.3 Å². The lowest BCUT2D eigenvalue weighted by atomic mass is 9.98. The zero-order chi connectivity index (χ0) is 19.4. The summed E-state index contributed by atoms with van der Waals surface area (Å²) in [6.07, 6.45) is -3.17. The van der Waals surface area contributed by atoms with E-state index in [-0.39, 0.29) is 6.61 Å². The predicted octanol–water partition coefficient (Wildman–Crippen LogP) is 2.44. The highest BCUT2D eigenvalue weighted by Gasteiger charge is 2.53. The Hall–Kier alpha value is -1.61. The average molecular weight is 396 g/mol. The lowest BCUT2D eigenvalue weighted by Crippen LogP contribution is -2.63. The van der Waals surface area contributed by atoms with E-state index in [2.05, 4.69) is 0 Å². The first-order chi connectivity index (χ1) is 13.0. The van der Waals surface area contributed by atoms with E-state index in [1.54, 1.807) is 0 Å². The molecule has 0 saturated carbocycles. The summed E-state index contributed by atoms with van der Waals surface area (Å²) in [7, 11) is 0. The van der Waals surface area contributed by atoms with Crippen LogP contribution in [0.1, 0.15) is 32.6 Å². The van der Waals surface area contributed by atoms with E-state index in [0.29, 0.717) is 0 Å². The largest absolute Gasteiger partial charge is 0.456 e. The number of hydrogen-bond acceptors (Lipinski definition) is 8. The number of fused-ring (bicyclic) bond motifs is 1. The van der Waals surface area contributed by atoms with Crippen LogP contribution in [-0.4, -0.2) is 54.2 Å². The summed E-state index contributed by atoms with van der Waals surface area (Å²) in [4.78, 5) is 23.4. The lowest BCUT2D eigenvalue weighted by Gasteiger charge is -2.48. The van der Waals surface area contributed by atoms with E-state index >= 15 is 0 Å². The Morgan fingerprint density at radius 2 is 1.74 bits per heavy atom. The molecule has 0 N–H and O–H groups in total. The van der Waals surface area contributed by atoms with E-state index in [1.165, 1.54) is 25.6 Å². The fourth-order valence-electron chi connectivity index (χ4n) is 3.27. The third-order valence-corrected chi connectivity index (χ3v) is 5.33. The minimum Gasteiger partial charge on any atom is -0.456 e. The molecule has 2 aliphatic heterocycles. The normalized spacial score (nSPS) is 33.0. The molecule has 1 aromatic carbocycles. The summed E-state index contributed by atoms with van der Waals surface area (Å²) in [6.45, 7) is 4.91. The van der Waals surface area contributed by atoms with Crippen molar-refractivity contribution in [3.63, 3.8) is 0 Å². The molecule has 0 aliphatic carbocycles. The van der Waals surface area contributed by atoms with Crippen LogP contribution in [0.2, 0.25) is 0 Å². The molecular weight excluding hydrogens is 372 g/mol. The highest BCUT2D eigenvalue weighted by Crippen LogP contribution is 2.39. The third-order valence-electron chi connectivity index (χ3n) is 4.29. The summed E-state index contributed by atoms with van der Waals surface area (Å²) in [5, 5.41) is 0. The van der Waals surface area contributed by atoms with E-state index in [4.69, 9.17) is 23.7 Å². The zero-order valence-corrected chi connectivity index (χ0v) is 16.3. The molecule has 0 radical (unpaired) electrons. The van der Waals surface area contributed by atoms with Gasteiger partial charge in [0.15, 0.2) is 18.5 Å². The van der Waals surface area contributed by atoms with Crippen molar-refractivity contribution in [2.45, 2.75) is 56.9 Å². The molecular formula is C19H24O7S. The summed E-state index contributed by atoms with van der Waals surface area (Å²) in [6, 6.07) is 9.49. The van der Waals surface area contributed by atoms with Gasteiger partial charge in [-0.3, -0.25) is 9.59 Å². The first-order valence-corrected chi connectivity index (χ1v) is 9.98. The standard InChI is InChI=1S/C19H24O7S/c1-4-27-19-17(24-12(3)21)16(23-11(2)20)15-14(25-19)10-22-18(26-15)13-8-6-5-7-9-13/h5-9,14-19H,4,10H2,1-3H3/t14-,15-,16+,17+,18-,19-/m1/s1. The van der Waals surface area contributed by atoms with Crippen LogP contribution in [0.25, 0.3) is 0 Å². The highest BCUT2D eigenvalue weighted by molar-refractivity contribution is 7.99. The molecule has 148 valence electrons. The SMILES string of the molecule is CCS[C@H]1O[C@@H]2CO[C@@H](c3ccccc3)O[C@H]2[C@H](OC(C)=O)[C@@H]1OC(C)=O. The number of carbonyl (C=O) groups excluding carboxylic acids is 2. The maximum Gasteiger partial charge on any atom is 0.303 e. The fourth-order valence-corrected chi connectivity index (χ4v) is 4.22. The molecule has 2 saturated heterocycles.